The van der Waals surface area contributed by atoms with Crippen molar-refractivity contribution >= 4 is 5.91 Å². The van der Waals surface area contributed by atoms with Gasteiger partial charge < -0.3 is 19.7 Å². The molecule has 0 saturated carbocycles. The Morgan fingerprint density at radius 3 is 2.80 bits per heavy atom. The van der Waals surface area contributed by atoms with E-state index in [-0.39, 0.29) is 12.0 Å². The summed E-state index contributed by atoms with van der Waals surface area (Å²) in [6, 6.07) is 7.60. The molecule has 1 atom stereocenters. The van der Waals surface area contributed by atoms with Gasteiger partial charge in [-0.1, -0.05) is 12.1 Å². The van der Waals surface area contributed by atoms with Gasteiger partial charge >= 0.3 is 0 Å². The normalized spacial score (nSPS) is 21.5. The maximum Gasteiger partial charge on any atom is 0.257 e. The number of rotatable bonds is 7. The average Bonchev–Trinajstić information content (AvgIpc) is 3.18. The molecule has 1 aromatic carbocycles. The highest BCUT2D eigenvalue weighted by Gasteiger charge is 2.25. The fourth-order valence-electron chi connectivity index (χ4n) is 3.67. The second kappa shape index (κ2) is 9.20. The monoisotopic (exact) mass is 346 g/mol. The molecular formula is C20H30N2O3. The first-order valence-corrected chi connectivity index (χ1v) is 9.55. The summed E-state index contributed by atoms with van der Waals surface area (Å²) >= 11 is 0. The summed E-state index contributed by atoms with van der Waals surface area (Å²) in [4.78, 5) is 14.9. The lowest BCUT2D eigenvalue weighted by Crippen LogP contribution is -2.39. The lowest BCUT2D eigenvalue weighted by Gasteiger charge is -2.32. The Labute approximate surface area is 150 Å². The van der Waals surface area contributed by atoms with Crippen LogP contribution in [0.4, 0.5) is 0 Å². The molecule has 5 nitrogen and oxygen atoms in total. The van der Waals surface area contributed by atoms with Crippen LogP contribution < -0.4 is 10.1 Å². The Kier molecular flexibility index (Phi) is 6.70. The Balaban J connectivity index is 1.56. The predicted molar refractivity (Wildman–Crippen MR) is 98.1 cm³/mol. The van der Waals surface area contributed by atoms with Gasteiger partial charge in [0.25, 0.3) is 5.91 Å². The van der Waals surface area contributed by atoms with Crippen LogP contribution in [-0.4, -0.2) is 56.8 Å². The number of benzene rings is 1. The molecule has 138 valence electrons. The van der Waals surface area contributed by atoms with Crippen LogP contribution in [0, 0.1) is 5.92 Å². The van der Waals surface area contributed by atoms with Gasteiger partial charge in [0.1, 0.15) is 12.4 Å². The van der Waals surface area contributed by atoms with Crippen molar-refractivity contribution < 1.29 is 14.3 Å². The molecule has 0 aliphatic carbocycles. The van der Waals surface area contributed by atoms with Crippen molar-refractivity contribution in [3.05, 3.63) is 29.8 Å². The molecule has 2 fully saturated rings. The molecule has 1 amide bonds. The van der Waals surface area contributed by atoms with Gasteiger partial charge in [-0.2, -0.15) is 0 Å². The SMILES string of the molecule is CNCCC1CCN(C(=O)c2ccccc2OCC2CCCO2)CC1. The van der Waals surface area contributed by atoms with Crippen molar-refractivity contribution in [2.75, 3.05) is 39.9 Å². The molecule has 2 aliphatic heterocycles. The molecule has 2 saturated heterocycles. The molecule has 0 aromatic heterocycles. The topological polar surface area (TPSA) is 50.8 Å². The highest BCUT2D eigenvalue weighted by atomic mass is 16.5. The Hall–Kier alpha value is -1.59. The Morgan fingerprint density at radius 2 is 2.08 bits per heavy atom. The largest absolute Gasteiger partial charge is 0.490 e. The van der Waals surface area contributed by atoms with Crippen molar-refractivity contribution in [3.8, 4) is 5.75 Å². The Morgan fingerprint density at radius 1 is 1.28 bits per heavy atom. The second-order valence-corrected chi connectivity index (χ2v) is 7.07. The van der Waals surface area contributed by atoms with Gasteiger partial charge in [0.2, 0.25) is 0 Å². The first-order valence-electron chi connectivity index (χ1n) is 9.55. The van der Waals surface area contributed by atoms with Crippen LogP contribution in [0.5, 0.6) is 5.75 Å². The number of carbonyl (C=O) groups is 1. The zero-order valence-corrected chi connectivity index (χ0v) is 15.2. The predicted octanol–water partition coefficient (Wildman–Crippen LogP) is 2.71. The lowest BCUT2D eigenvalue weighted by atomic mass is 9.93. The van der Waals surface area contributed by atoms with Crippen molar-refractivity contribution in [3.63, 3.8) is 0 Å². The summed E-state index contributed by atoms with van der Waals surface area (Å²) < 4.78 is 11.5. The van der Waals surface area contributed by atoms with E-state index in [4.69, 9.17) is 9.47 Å². The molecule has 0 bridgehead atoms. The van der Waals surface area contributed by atoms with E-state index >= 15 is 0 Å². The second-order valence-electron chi connectivity index (χ2n) is 7.07. The van der Waals surface area contributed by atoms with E-state index in [2.05, 4.69) is 5.32 Å². The van der Waals surface area contributed by atoms with Gasteiger partial charge in [-0.3, -0.25) is 4.79 Å². The summed E-state index contributed by atoms with van der Waals surface area (Å²) in [5.41, 5.74) is 0.675. The standard InChI is InChI=1S/C20H30N2O3/c1-21-11-8-16-9-12-22(13-10-16)20(23)18-6-2-3-7-19(18)25-15-17-5-4-14-24-17/h2-3,6-7,16-17,21H,4-5,8-15H2,1H3. The molecule has 3 rings (SSSR count). The van der Waals surface area contributed by atoms with Crippen LogP contribution in [0.15, 0.2) is 24.3 Å². The molecule has 2 aliphatic rings. The highest BCUT2D eigenvalue weighted by Crippen LogP contribution is 2.25. The first-order chi connectivity index (χ1) is 12.3. The molecule has 0 radical (unpaired) electrons. The average molecular weight is 346 g/mol. The minimum Gasteiger partial charge on any atom is -0.490 e. The van der Waals surface area contributed by atoms with Gasteiger partial charge in [0.05, 0.1) is 11.7 Å². The summed E-state index contributed by atoms with van der Waals surface area (Å²) in [7, 11) is 1.99. The van der Waals surface area contributed by atoms with Crippen LogP contribution >= 0.6 is 0 Å². The summed E-state index contributed by atoms with van der Waals surface area (Å²) in [5.74, 6) is 1.50. The third-order valence-corrected chi connectivity index (χ3v) is 5.27. The van der Waals surface area contributed by atoms with Crippen molar-refractivity contribution in [2.45, 2.75) is 38.2 Å². The van der Waals surface area contributed by atoms with Gasteiger partial charge in [0, 0.05) is 19.7 Å². The highest BCUT2D eigenvalue weighted by molar-refractivity contribution is 5.97. The fourth-order valence-corrected chi connectivity index (χ4v) is 3.67. The molecule has 1 N–H and O–H groups in total. The minimum absolute atomic E-state index is 0.0926. The molecule has 25 heavy (non-hydrogen) atoms. The van der Waals surface area contributed by atoms with Crippen molar-refractivity contribution in [1.82, 2.24) is 10.2 Å². The number of ether oxygens (including phenoxy) is 2. The third-order valence-electron chi connectivity index (χ3n) is 5.27. The molecular weight excluding hydrogens is 316 g/mol. The van der Waals surface area contributed by atoms with E-state index in [1.54, 1.807) is 0 Å². The van der Waals surface area contributed by atoms with Gasteiger partial charge in [-0.15, -0.1) is 0 Å². The number of amides is 1. The van der Waals surface area contributed by atoms with E-state index in [0.717, 1.165) is 57.8 Å². The van der Waals surface area contributed by atoms with E-state index in [1.807, 2.05) is 36.2 Å². The third kappa shape index (κ3) is 4.95. The quantitative estimate of drug-likeness (QED) is 0.825. The number of para-hydroxylation sites is 1. The zero-order chi connectivity index (χ0) is 17.5. The lowest BCUT2D eigenvalue weighted by molar-refractivity contribution is 0.0627. The van der Waals surface area contributed by atoms with E-state index < -0.39 is 0 Å². The zero-order valence-electron chi connectivity index (χ0n) is 15.2. The molecule has 2 heterocycles. The number of likely N-dealkylation sites (tertiary alicyclic amines) is 1. The number of carbonyl (C=O) groups excluding carboxylic acids is 1. The van der Waals surface area contributed by atoms with Crippen LogP contribution in [0.2, 0.25) is 0 Å². The van der Waals surface area contributed by atoms with Gasteiger partial charge in [0.15, 0.2) is 0 Å². The number of nitrogens with one attached hydrogen (secondary N) is 1. The molecule has 1 aromatic rings. The maximum atomic E-state index is 12.9. The first kappa shape index (κ1) is 18.2. The van der Waals surface area contributed by atoms with Crippen molar-refractivity contribution in [2.24, 2.45) is 5.92 Å². The molecule has 0 spiro atoms. The number of hydrogen-bond donors (Lipinski definition) is 1. The maximum absolute atomic E-state index is 12.9. The van der Waals surface area contributed by atoms with Gasteiger partial charge in [-0.05, 0) is 63.7 Å². The van der Waals surface area contributed by atoms with E-state index in [1.165, 1.54) is 6.42 Å². The minimum atomic E-state index is 0.0926. The molecule has 1 unspecified atom stereocenters. The van der Waals surface area contributed by atoms with Crippen LogP contribution in [-0.2, 0) is 4.74 Å². The van der Waals surface area contributed by atoms with Crippen LogP contribution in [0.25, 0.3) is 0 Å². The number of hydrogen-bond acceptors (Lipinski definition) is 4. The van der Waals surface area contributed by atoms with Crippen molar-refractivity contribution in [1.29, 1.82) is 0 Å². The van der Waals surface area contributed by atoms with Gasteiger partial charge in [-0.25, -0.2) is 0 Å². The number of piperidine rings is 1. The summed E-state index contributed by atoms with van der Waals surface area (Å²) in [6.45, 7) is 4.08. The summed E-state index contributed by atoms with van der Waals surface area (Å²) in [6.07, 6.45) is 5.66. The Bertz CT molecular complexity index is 550. The number of nitrogens with zero attached hydrogens (tertiary/aromatic N) is 1. The fraction of sp³-hybridized carbons (Fsp3) is 0.650. The summed E-state index contributed by atoms with van der Waals surface area (Å²) in [5, 5.41) is 3.21. The van der Waals surface area contributed by atoms with E-state index in [0.29, 0.717) is 17.9 Å². The van der Waals surface area contributed by atoms with Crippen LogP contribution in [0.1, 0.15) is 42.5 Å². The van der Waals surface area contributed by atoms with E-state index in [9.17, 15) is 4.79 Å². The van der Waals surface area contributed by atoms with Crippen LogP contribution in [0.3, 0.4) is 0 Å². The molecule has 5 heteroatoms. The smallest absolute Gasteiger partial charge is 0.257 e.